The minimum Gasteiger partial charge on any atom is -0.383 e. The van der Waals surface area contributed by atoms with Gasteiger partial charge in [0, 0.05) is 38.0 Å². The number of nitrogens with one attached hydrogen (secondary N) is 1. The topological polar surface area (TPSA) is 77.5 Å². The summed E-state index contributed by atoms with van der Waals surface area (Å²) < 4.78 is 8.17. The number of nitrogens with zero attached hydrogens (tertiary/aromatic N) is 3. The van der Waals surface area contributed by atoms with E-state index in [0.717, 1.165) is 34.6 Å². The van der Waals surface area contributed by atoms with Gasteiger partial charge < -0.3 is 15.8 Å². The van der Waals surface area contributed by atoms with Crippen molar-refractivity contribution in [3.8, 4) is 0 Å². The number of methoxy groups -OCH3 is 1. The molecule has 0 saturated carbocycles. The molecule has 2 atom stereocenters. The summed E-state index contributed by atoms with van der Waals surface area (Å²) in [6.07, 6.45) is 4.68. The molecule has 19 heavy (non-hydrogen) atoms. The van der Waals surface area contributed by atoms with Crippen LogP contribution in [0.3, 0.4) is 0 Å². The monoisotopic (exact) mass is 373 g/mol. The third-order valence-electron chi connectivity index (χ3n) is 3.52. The van der Waals surface area contributed by atoms with Gasteiger partial charge >= 0.3 is 0 Å². The van der Waals surface area contributed by atoms with Crippen LogP contribution in [0.1, 0.15) is 18.2 Å². The van der Waals surface area contributed by atoms with Crippen molar-refractivity contribution >= 4 is 33.9 Å². The fourth-order valence-electron chi connectivity index (χ4n) is 2.67. The Morgan fingerprint density at radius 3 is 3.26 bits per heavy atom. The predicted octanol–water partition coefficient (Wildman–Crippen LogP) is 1.01. The molecule has 1 saturated heterocycles. The summed E-state index contributed by atoms with van der Waals surface area (Å²) in [5.74, 6) is 1.97. The van der Waals surface area contributed by atoms with Gasteiger partial charge in [0.25, 0.3) is 0 Å². The summed E-state index contributed by atoms with van der Waals surface area (Å²) in [7, 11) is 1.73. The van der Waals surface area contributed by atoms with Crippen molar-refractivity contribution in [2.45, 2.75) is 18.4 Å². The van der Waals surface area contributed by atoms with Gasteiger partial charge in [-0.05, 0) is 29.0 Å². The summed E-state index contributed by atoms with van der Waals surface area (Å²) in [6.45, 7) is 1.66. The van der Waals surface area contributed by atoms with Crippen LogP contribution in [0.2, 0.25) is 0 Å². The maximum absolute atomic E-state index is 5.93. The highest BCUT2D eigenvalue weighted by Gasteiger charge is 2.29. The Labute approximate surface area is 124 Å². The number of nitrogens with two attached hydrogens (primary N) is 1. The minimum atomic E-state index is 0.387. The van der Waals surface area contributed by atoms with E-state index in [4.69, 9.17) is 10.5 Å². The Morgan fingerprint density at radius 1 is 1.63 bits per heavy atom. The molecule has 3 heterocycles. The third-order valence-corrected chi connectivity index (χ3v) is 4.27. The first-order valence-electron chi connectivity index (χ1n) is 6.21. The average Bonchev–Trinajstić information content (AvgIpc) is 2.96. The van der Waals surface area contributed by atoms with E-state index in [1.54, 1.807) is 13.3 Å². The second-order valence-corrected chi connectivity index (χ2v) is 5.81. The van der Waals surface area contributed by atoms with Crippen molar-refractivity contribution in [2.24, 2.45) is 0 Å². The third kappa shape index (κ3) is 2.30. The molecule has 1 aliphatic heterocycles. The molecule has 0 radical (unpaired) electrons. The highest BCUT2D eigenvalue weighted by Crippen LogP contribution is 2.29. The standard InChI is InChI=1S/C12H16IN5O/c1-19-6-8-4-7(5-16-8)12-17-10(13)9-11(14)15-2-3-18(9)12/h2-3,7-8,16H,4-6H2,1H3,(H2,14,15)/t7?,8-/m1/s1. The maximum Gasteiger partial charge on any atom is 0.150 e. The number of anilines is 1. The van der Waals surface area contributed by atoms with Crippen LogP contribution >= 0.6 is 22.6 Å². The van der Waals surface area contributed by atoms with Crippen LogP contribution in [0.25, 0.3) is 5.52 Å². The maximum atomic E-state index is 5.93. The molecule has 1 fully saturated rings. The van der Waals surface area contributed by atoms with Gasteiger partial charge in [-0.2, -0.15) is 0 Å². The van der Waals surface area contributed by atoms with Crippen LogP contribution < -0.4 is 11.1 Å². The van der Waals surface area contributed by atoms with Gasteiger partial charge in [-0.3, -0.25) is 4.40 Å². The lowest BCUT2D eigenvalue weighted by Gasteiger charge is -2.09. The zero-order valence-electron chi connectivity index (χ0n) is 10.6. The van der Waals surface area contributed by atoms with Crippen LogP contribution in [0.15, 0.2) is 12.4 Å². The first kappa shape index (κ1) is 13.1. The number of ether oxygens (including phenoxy) is 1. The number of fused-ring (bicyclic) bond motifs is 1. The summed E-state index contributed by atoms with van der Waals surface area (Å²) in [5.41, 5.74) is 6.84. The molecule has 2 aromatic rings. The molecule has 0 aromatic carbocycles. The Hall–Kier alpha value is -0.930. The van der Waals surface area contributed by atoms with E-state index in [-0.39, 0.29) is 0 Å². The van der Waals surface area contributed by atoms with E-state index >= 15 is 0 Å². The molecular formula is C12H16IN5O. The van der Waals surface area contributed by atoms with Crippen molar-refractivity contribution in [1.29, 1.82) is 0 Å². The lowest BCUT2D eigenvalue weighted by Crippen LogP contribution is -2.25. The van der Waals surface area contributed by atoms with E-state index in [9.17, 15) is 0 Å². The van der Waals surface area contributed by atoms with Crippen LogP contribution in [-0.2, 0) is 4.74 Å². The van der Waals surface area contributed by atoms with Gasteiger partial charge in [0.15, 0.2) is 5.82 Å². The van der Waals surface area contributed by atoms with E-state index in [0.29, 0.717) is 17.8 Å². The molecule has 3 rings (SSSR count). The molecule has 102 valence electrons. The summed E-state index contributed by atoms with van der Waals surface area (Å²) in [6, 6.07) is 0.402. The van der Waals surface area contributed by atoms with Crippen molar-refractivity contribution in [2.75, 3.05) is 26.0 Å². The average molecular weight is 373 g/mol. The first-order valence-corrected chi connectivity index (χ1v) is 7.28. The normalized spacial score (nSPS) is 23.3. The molecule has 0 aliphatic carbocycles. The summed E-state index contributed by atoms with van der Waals surface area (Å²) >= 11 is 2.22. The fraction of sp³-hybridized carbons (Fsp3) is 0.500. The number of halogens is 1. The molecule has 0 amide bonds. The number of hydrogen-bond acceptors (Lipinski definition) is 5. The smallest absolute Gasteiger partial charge is 0.150 e. The minimum absolute atomic E-state index is 0.387. The molecule has 6 nitrogen and oxygen atoms in total. The van der Waals surface area contributed by atoms with Gasteiger partial charge in [0.05, 0.1) is 6.61 Å². The van der Waals surface area contributed by atoms with Gasteiger partial charge in [-0.1, -0.05) is 0 Å². The zero-order valence-corrected chi connectivity index (χ0v) is 12.8. The fourth-order valence-corrected chi connectivity index (χ4v) is 3.46. The Kier molecular flexibility index (Phi) is 3.59. The van der Waals surface area contributed by atoms with Crippen molar-refractivity contribution < 1.29 is 4.74 Å². The van der Waals surface area contributed by atoms with E-state index < -0.39 is 0 Å². The number of imidazole rings is 1. The van der Waals surface area contributed by atoms with Crippen LogP contribution in [0, 0.1) is 3.70 Å². The Bertz CT molecular complexity index is 599. The molecule has 2 aromatic heterocycles. The van der Waals surface area contributed by atoms with Crippen LogP contribution in [0.5, 0.6) is 0 Å². The second-order valence-electron chi connectivity index (χ2n) is 4.79. The molecule has 3 N–H and O–H groups in total. The van der Waals surface area contributed by atoms with Gasteiger partial charge in [0.2, 0.25) is 0 Å². The highest BCUT2D eigenvalue weighted by atomic mass is 127. The zero-order chi connectivity index (χ0) is 13.4. The SMILES string of the molecule is COC[C@H]1CC(c2nc(I)c3c(N)nccn23)CN1. The molecule has 7 heteroatoms. The van der Waals surface area contributed by atoms with Crippen molar-refractivity contribution in [3.63, 3.8) is 0 Å². The molecule has 0 spiro atoms. The van der Waals surface area contributed by atoms with Gasteiger partial charge in [-0.15, -0.1) is 0 Å². The Morgan fingerprint density at radius 2 is 2.47 bits per heavy atom. The van der Waals surface area contributed by atoms with Crippen LogP contribution in [0.4, 0.5) is 5.82 Å². The molecule has 1 unspecified atom stereocenters. The van der Waals surface area contributed by atoms with Gasteiger partial charge in [0.1, 0.15) is 15.0 Å². The quantitative estimate of drug-likeness (QED) is 0.786. The summed E-state index contributed by atoms with van der Waals surface area (Å²) in [4.78, 5) is 8.80. The number of rotatable bonds is 3. The van der Waals surface area contributed by atoms with E-state index in [1.165, 1.54) is 0 Å². The number of hydrogen-bond donors (Lipinski definition) is 2. The van der Waals surface area contributed by atoms with Crippen molar-refractivity contribution in [3.05, 3.63) is 21.9 Å². The van der Waals surface area contributed by atoms with Gasteiger partial charge in [-0.25, -0.2) is 9.97 Å². The van der Waals surface area contributed by atoms with E-state index in [2.05, 4.69) is 42.3 Å². The lowest BCUT2D eigenvalue weighted by atomic mass is 10.1. The molecular weight excluding hydrogens is 357 g/mol. The number of aromatic nitrogens is 3. The Balaban J connectivity index is 1.96. The predicted molar refractivity (Wildman–Crippen MR) is 81.1 cm³/mol. The second kappa shape index (κ2) is 5.22. The highest BCUT2D eigenvalue weighted by molar-refractivity contribution is 14.1. The summed E-state index contributed by atoms with van der Waals surface area (Å²) in [5, 5.41) is 3.47. The molecule has 1 aliphatic rings. The molecule has 0 bridgehead atoms. The van der Waals surface area contributed by atoms with E-state index in [1.807, 2.05) is 6.20 Å². The lowest BCUT2D eigenvalue weighted by molar-refractivity contribution is 0.173. The first-order chi connectivity index (χ1) is 9.20. The van der Waals surface area contributed by atoms with Crippen LogP contribution in [-0.4, -0.2) is 40.7 Å². The number of nitrogen functional groups attached to an aromatic ring is 1. The van der Waals surface area contributed by atoms with Crippen molar-refractivity contribution in [1.82, 2.24) is 19.7 Å². The largest absolute Gasteiger partial charge is 0.383 e.